The van der Waals surface area contributed by atoms with Crippen LogP contribution in [0.25, 0.3) is 10.2 Å². The molecule has 4 aromatic carbocycles. The fourth-order valence-electron chi connectivity index (χ4n) is 3.96. The molecule has 0 atom stereocenters. The highest BCUT2D eigenvalue weighted by Crippen LogP contribution is 2.31. The molecule has 1 heterocycles. The van der Waals surface area contributed by atoms with Crippen LogP contribution in [0.1, 0.15) is 39.5 Å². The summed E-state index contributed by atoms with van der Waals surface area (Å²) in [4.78, 5) is 18.4. The number of hydrazone groups is 1. The van der Waals surface area contributed by atoms with Crippen LogP contribution in [0.5, 0.6) is 5.75 Å². The van der Waals surface area contributed by atoms with E-state index in [0.717, 1.165) is 39.1 Å². The maximum atomic E-state index is 13.7. The van der Waals surface area contributed by atoms with E-state index in [1.54, 1.807) is 6.21 Å². The normalized spacial score (nSPS) is 11.2. The lowest BCUT2D eigenvalue weighted by Gasteiger charge is -2.14. The number of ether oxygens (including phenoxy) is 1. The predicted octanol–water partition coefficient (Wildman–Crippen LogP) is 7.28. The van der Waals surface area contributed by atoms with Crippen molar-refractivity contribution in [2.45, 2.75) is 20.3 Å². The topological polar surface area (TPSA) is 54.8 Å². The zero-order valence-corrected chi connectivity index (χ0v) is 21.6. The molecule has 5 aromatic rings. The summed E-state index contributed by atoms with van der Waals surface area (Å²) in [7, 11) is 0. The van der Waals surface area contributed by atoms with Gasteiger partial charge in [0.2, 0.25) is 5.13 Å². The first-order valence-electron chi connectivity index (χ1n) is 12.2. The van der Waals surface area contributed by atoms with E-state index in [1.165, 1.54) is 21.9 Å². The molecule has 0 aliphatic heterocycles. The number of amides is 1. The van der Waals surface area contributed by atoms with E-state index < -0.39 is 0 Å². The quantitative estimate of drug-likeness (QED) is 0.165. The van der Waals surface area contributed by atoms with E-state index in [1.807, 2.05) is 92.7 Å². The maximum absolute atomic E-state index is 13.7. The van der Waals surface area contributed by atoms with Crippen molar-refractivity contribution in [1.29, 1.82) is 0 Å². The summed E-state index contributed by atoms with van der Waals surface area (Å²) in [6, 6.07) is 31.7. The molecule has 0 unspecified atom stereocenters. The third kappa shape index (κ3) is 5.93. The van der Waals surface area contributed by atoms with Gasteiger partial charge in [0.15, 0.2) is 0 Å². The molecule has 0 bridgehead atoms. The van der Waals surface area contributed by atoms with Crippen LogP contribution in [-0.4, -0.2) is 23.7 Å². The average molecular weight is 506 g/mol. The van der Waals surface area contributed by atoms with E-state index in [-0.39, 0.29) is 5.91 Å². The molecule has 5 nitrogen and oxygen atoms in total. The maximum Gasteiger partial charge on any atom is 0.280 e. The van der Waals surface area contributed by atoms with E-state index in [0.29, 0.717) is 17.3 Å². The number of aryl methyl sites for hydroxylation is 1. The molecule has 0 aliphatic rings. The molecule has 5 rings (SSSR count). The molecular weight excluding hydrogens is 478 g/mol. The van der Waals surface area contributed by atoms with Crippen LogP contribution in [0.3, 0.4) is 0 Å². The summed E-state index contributed by atoms with van der Waals surface area (Å²) in [5.74, 6) is 0.564. The van der Waals surface area contributed by atoms with Gasteiger partial charge >= 0.3 is 0 Å². The smallest absolute Gasteiger partial charge is 0.280 e. The zero-order valence-electron chi connectivity index (χ0n) is 20.8. The molecule has 0 spiro atoms. The molecule has 37 heavy (non-hydrogen) atoms. The lowest BCUT2D eigenvalue weighted by atomic mass is 10.0. The van der Waals surface area contributed by atoms with Crippen molar-refractivity contribution in [1.82, 2.24) is 4.98 Å². The first kappa shape index (κ1) is 24.4. The van der Waals surface area contributed by atoms with E-state index in [2.05, 4.69) is 23.3 Å². The summed E-state index contributed by atoms with van der Waals surface area (Å²) in [6.45, 7) is 4.60. The first-order valence-corrected chi connectivity index (χ1v) is 13.0. The highest BCUT2D eigenvalue weighted by atomic mass is 32.1. The van der Waals surface area contributed by atoms with E-state index >= 15 is 0 Å². The molecule has 1 amide bonds. The molecule has 0 saturated carbocycles. The molecule has 1 aromatic heterocycles. The van der Waals surface area contributed by atoms with Gasteiger partial charge in [-0.15, -0.1) is 0 Å². The standard InChI is InChI=1S/C31H27N3O2S/c1-3-36-27-16-12-25(13-17-27)21-32-34(31-33-28-18-9-22(2)19-29(28)37-31)30(35)26-14-10-24(11-15-26)20-23-7-5-4-6-8-23/h4-19,21H,3,20H2,1-2H3/b32-21+. The first-order chi connectivity index (χ1) is 18.1. The molecule has 0 aliphatic carbocycles. The van der Waals surface area contributed by atoms with Crippen molar-refractivity contribution in [2.75, 3.05) is 11.6 Å². The van der Waals surface area contributed by atoms with Crippen LogP contribution in [0.4, 0.5) is 5.13 Å². The highest BCUT2D eigenvalue weighted by Gasteiger charge is 2.21. The number of nitrogens with zero attached hydrogens (tertiary/aromatic N) is 3. The van der Waals surface area contributed by atoms with Gasteiger partial charge in [0.1, 0.15) is 5.75 Å². The van der Waals surface area contributed by atoms with E-state index in [9.17, 15) is 4.79 Å². The second-order valence-electron chi connectivity index (χ2n) is 8.69. The number of carbonyl (C=O) groups excluding carboxylic acids is 1. The van der Waals surface area contributed by atoms with Gasteiger partial charge < -0.3 is 4.74 Å². The number of aromatic nitrogens is 1. The fraction of sp³-hybridized carbons (Fsp3) is 0.129. The van der Waals surface area contributed by atoms with Gasteiger partial charge in [0.25, 0.3) is 5.91 Å². The Balaban J connectivity index is 1.44. The molecular formula is C31H27N3O2S. The average Bonchev–Trinajstić information content (AvgIpc) is 3.33. The van der Waals surface area contributed by atoms with Crippen LogP contribution in [0.2, 0.25) is 0 Å². The largest absolute Gasteiger partial charge is 0.494 e. The summed E-state index contributed by atoms with van der Waals surface area (Å²) in [5.41, 5.74) is 5.77. The molecule has 184 valence electrons. The number of carbonyl (C=O) groups is 1. The van der Waals surface area contributed by atoms with Crippen molar-refractivity contribution in [3.63, 3.8) is 0 Å². The second-order valence-corrected chi connectivity index (χ2v) is 9.70. The summed E-state index contributed by atoms with van der Waals surface area (Å²) in [5, 5.41) is 6.51. The second kappa shape index (κ2) is 11.2. The predicted molar refractivity (Wildman–Crippen MR) is 152 cm³/mol. The number of hydrogen-bond donors (Lipinski definition) is 0. The van der Waals surface area contributed by atoms with Gasteiger partial charge in [0.05, 0.1) is 23.0 Å². The van der Waals surface area contributed by atoms with Crippen LogP contribution < -0.4 is 9.75 Å². The number of rotatable bonds is 8. The lowest BCUT2D eigenvalue weighted by Crippen LogP contribution is -2.25. The molecule has 0 N–H and O–H groups in total. The number of anilines is 1. The molecule has 0 fully saturated rings. The van der Waals surface area contributed by atoms with Crippen LogP contribution in [0.15, 0.2) is 102 Å². The minimum Gasteiger partial charge on any atom is -0.494 e. The fourth-order valence-corrected chi connectivity index (χ4v) is 4.98. The Bertz CT molecular complexity index is 1530. The van der Waals surface area contributed by atoms with Gasteiger partial charge in [-0.2, -0.15) is 10.1 Å². The molecule has 0 radical (unpaired) electrons. The van der Waals surface area contributed by atoms with Crippen LogP contribution >= 0.6 is 11.3 Å². The Labute approximate surface area is 220 Å². The minimum atomic E-state index is -0.232. The third-order valence-corrected chi connectivity index (χ3v) is 6.87. The van der Waals surface area contributed by atoms with Crippen molar-refractivity contribution < 1.29 is 9.53 Å². The van der Waals surface area contributed by atoms with Gasteiger partial charge in [-0.05, 0) is 91.1 Å². The lowest BCUT2D eigenvalue weighted by molar-refractivity contribution is 0.0988. The number of thiazole rings is 1. The van der Waals surface area contributed by atoms with Crippen molar-refractivity contribution in [3.8, 4) is 5.75 Å². The Morgan fingerprint density at radius 2 is 1.68 bits per heavy atom. The monoisotopic (exact) mass is 505 g/mol. The Morgan fingerprint density at radius 1 is 0.946 bits per heavy atom. The third-order valence-electron chi connectivity index (χ3n) is 5.87. The molecule has 0 saturated heterocycles. The van der Waals surface area contributed by atoms with Gasteiger partial charge in [0, 0.05) is 5.56 Å². The number of hydrogen-bond acceptors (Lipinski definition) is 5. The van der Waals surface area contributed by atoms with Gasteiger partial charge in [-0.1, -0.05) is 59.9 Å². The SMILES string of the molecule is CCOc1ccc(/C=N/N(C(=O)c2ccc(Cc3ccccc3)cc2)c2nc3ccc(C)cc3s2)cc1. The minimum absolute atomic E-state index is 0.232. The number of fused-ring (bicyclic) bond motifs is 1. The van der Waals surface area contributed by atoms with Crippen molar-refractivity contribution in [3.05, 3.63) is 125 Å². The van der Waals surface area contributed by atoms with Crippen LogP contribution in [0, 0.1) is 6.92 Å². The zero-order chi connectivity index (χ0) is 25.6. The summed E-state index contributed by atoms with van der Waals surface area (Å²) < 4.78 is 6.54. The van der Waals surface area contributed by atoms with E-state index in [4.69, 9.17) is 9.72 Å². The summed E-state index contributed by atoms with van der Waals surface area (Å²) >= 11 is 1.45. The Morgan fingerprint density at radius 3 is 2.41 bits per heavy atom. The van der Waals surface area contributed by atoms with Crippen molar-refractivity contribution in [2.24, 2.45) is 5.10 Å². The summed E-state index contributed by atoms with van der Waals surface area (Å²) in [6.07, 6.45) is 2.49. The Hall–Kier alpha value is -4.29. The van der Waals surface area contributed by atoms with Gasteiger partial charge in [-0.3, -0.25) is 4.79 Å². The number of benzene rings is 4. The Kier molecular flexibility index (Phi) is 7.38. The highest BCUT2D eigenvalue weighted by molar-refractivity contribution is 7.22. The van der Waals surface area contributed by atoms with Crippen molar-refractivity contribution >= 4 is 38.8 Å². The van der Waals surface area contributed by atoms with Crippen LogP contribution in [-0.2, 0) is 6.42 Å². The van der Waals surface area contributed by atoms with Gasteiger partial charge in [-0.25, -0.2) is 4.98 Å². The molecule has 6 heteroatoms.